The van der Waals surface area contributed by atoms with Crippen LogP contribution in [0.1, 0.15) is 49.9 Å². The third-order valence-electron chi connectivity index (χ3n) is 12.5. The highest BCUT2D eigenvalue weighted by Crippen LogP contribution is 2.56. The van der Waals surface area contributed by atoms with Crippen LogP contribution in [0.3, 0.4) is 0 Å². The SMILES string of the molecule is CN1c2cc3c(cc2-c2sc(SOOO)cc2C1(C)C)C(c1c(F)c(SCC(=O)Oc2c(Cl)cc(S(=O)(=O)O)cc2Cl)cc(F)c1S(=O)(=O)O)=c1cc2c(cc1O3)=[N+](C)C(C)(C)c1cc(S(=O)(=O)O)sc1-2. The van der Waals surface area contributed by atoms with Crippen LogP contribution in [0.4, 0.5) is 14.5 Å². The Kier molecular flexibility index (Phi) is 12.9. The number of benzene rings is 4. The Bertz CT molecular complexity index is 3840. The fourth-order valence-electron chi connectivity index (χ4n) is 8.61. The zero-order valence-electron chi connectivity index (χ0n) is 36.9. The largest absolute Gasteiger partial charge is 0.456 e. The first-order valence-electron chi connectivity index (χ1n) is 20.1. The summed E-state index contributed by atoms with van der Waals surface area (Å²) in [6.07, 6.45) is 0. The Labute approximate surface area is 429 Å². The molecular formula is C43H33Cl2F2N2O15S7+. The smallest absolute Gasteiger partial charge is 0.321 e. The second kappa shape index (κ2) is 17.7. The number of anilines is 1. The number of thiophene rings is 2. The Balaban J connectivity index is 1.32. The summed E-state index contributed by atoms with van der Waals surface area (Å²) in [7, 11) is -11.7. The van der Waals surface area contributed by atoms with Crippen LogP contribution in [0.5, 0.6) is 17.2 Å². The molecule has 0 aliphatic carbocycles. The summed E-state index contributed by atoms with van der Waals surface area (Å²) < 4.78 is 159. The topological polar surface area (TPSA) is 244 Å². The number of esters is 1. The maximum absolute atomic E-state index is 17.9. The molecule has 0 saturated carbocycles. The van der Waals surface area contributed by atoms with Crippen molar-refractivity contribution < 1.29 is 76.6 Å². The molecule has 374 valence electrons. The van der Waals surface area contributed by atoms with E-state index in [-0.39, 0.29) is 32.1 Å². The van der Waals surface area contributed by atoms with E-state index in [1.165, 1.54) is 23.5 Å². The maximum atomic E-state index is 17.9. The van der Waals surface area contributed by atoms with Crippen molar-refractivity contribution in [2.24, 2.45) is 0 Å². The Morgan fingerprint density at radius 3 is 2.11 bits per heavy atom. The summed E-state index contributed by atoms with van der Waals surface area (Å²) in [5, 5.41) is 12.1. The van der Waals surface area contributed by atoms with Crippen LogP contribution in [0.25, 0.3) is 26.5 Å². The summed E-state index contributed by atoms with van der Waals surface area (Å²) in [4.78, 5) is 13.3. The van der Waals surface area contributed by atoms with Gasteiger partial charge >= 0.3 is 16.1 Å². The summed E-state index contributed by atoms with van der Waals surface area (Å²) in [5.74, 6) is -5.59. The van der Waals surface area contributed by atoms with Gasteiger partial charge in [-0.3, -0.25) is 18.5 Å². The van der Waals surface area contributed by atoms with Gasteiger partial charge in [-0.05, 0) is 61.9 Å². The summed E-state index contributed by atoms with van der Waals surface area (Å²) in [6.45, 7) is 7.52. The third-order valence-corrected chi connectivity index (χ3v) is 20.1. The fraction of sp³-hybridized carbons (Fsp3) is 0.209. The van der Waals surface area contributed by atoms with Crippen LogP contribution in [-0.4, -0.2) is 70.0 Å². The molecule has 0 amide bonds. The molecule has 0 atom stereocenters. The number of fused-ring (bicyclic) bond motifs is 8. The number of carbonyl (C=O) groups is 1. The van der Waals surface area contributed by atoms with E-state index in [1.54, 1.807) is 31.3 Å². The highest BCUT2D eigenvalue weighted by Gasteiger charge is 2.44. The summed E-state index contributed by atoms with van der Waals surface area (Å²) in [6, 6.07) is 11.4. The first kappa shape index (κ1) is 51.7. The third kappa shape index (κ3) is 8.76. The lowest BCUT2D eigenvalue weighted by atomic mass is 9.83. The van der Waals surface area contributed by atoms with Crippen LogP contribution in [0.15, 0.2) is 77.7 Å². The number of thioether (sulfide) groups is 1. The molecule has 2 aromatic heterocycles. The second-order valence-electron chi connectivity index (χ2n) is 17.1. The molecule has 9 rings (SSSR count). The lowest BCUT2D eigenvalue weighted by Gasteiger charge is -2.43. The second-order valence-corrected chi connectivity index (χ2v) is 26.4. The summed E-state index contributed by atoms with van der Waals surface area (Å²) in [5.41, 5.74) is -0.316. The molecular weight excluding hydrogens is 1120 g/mol. The number of hydrogen-bond acceptors (Lipinski definition) is 17. The highest BCUT2D eigenvalue weighted by atomic mass is 35.5. The van der Waals surface area contributed by atoms with Crippen molar-refractivity contribution in [2.45, 2.75) is 61.9 Å². The van der Waals surface area contributed by atoms with Crippen LogP contribution >= 0.6 is 69.7 Å². The van der Waals surface area contributed by atoms with Gasteiger partial charge in [-0.25, -0.2) is 18.6 Å². The van der Waals surface area contributed by atoms with Crippen molar-refractivity contribution in [1.29, 1.82) is 0 Å². The lowest BCUT2D eigenvalue weighted by Crippen LogP contribution is -2.46. The van der Waals surface area contributed by atoms with Crippen LogP contribution < -0.4 is 29.5 Å². The van der Waals surface area contributed by atoms with Gasteiger partial charge in [-0.1, -0.05) is 28.2 Å². The number of nitrogens with zero attached hydrogens (tertiary/aromatic N) is 2. The average Bonchev–Trinajstić information content (AvgIpc) is 3.94. The highest BCUT2D eigenvalue weighted by molar-refractivity contribution is 8.00. The first-order chi connectivity index (χ1) is 32.9. The number of rotatable bonds is 11. The molecule has 0 unspecified atom stereocenters. The monoisotopic (exact) mass is 1150 g/mol. The van der Waals surface area contributed by atoms with Gasteiger partial charge in [0.15, 0.2) is 11.3 Å². The molecule has 0 fully saturated rings. The van der Waals surface area contributed by atoms with Crippen LogP contribution in [0.2, 0.25) is 10.0 Å². The Morgan fingerprint density at radius 2 is 1.49 bits per heavy atom. The molecule has 71 heavy (non-hydrogen) atoms. The molecule has 4 aromatic carbocycles. The molecule has 5 heterocycles. The van der Waals surface area contributed by atoms with E-state index >= 15 is 8.78 Å². The molecule has 4 N–H and O–H groups in total. The van der Waals surface area contributed by atoms with Crippen molar-refractivity contribution >= 4 is 117 Å². The van der Waals surface area contributed by atoms with Crippen LogP contribution in [-0.2, 0) is 55.6 Å². The van der Waals surface area contributed by atoms with Gasteiger partial charge in [0.2, 0.25) is 5.36 Å². The molecule has 17 nitrogen and oxygen atoms in total. The van der Waals surface area contributed by atoms with Crippen molar-refractivity contribution in [1.82, 2.24) is 4.58 Å². The standard InChI is InChI=1S/C43H32Cl2F2N2O15S7/c1-42(2)22-11-33(68-64-63-51)66-39(22)18-9-20-29(14-27(18)48(42)5)61-30-15-28-19(40-23(43(3,4)49(28)6)12-34(67-40)70(55,56)57)10-21(30)35(20)36-37(47)31(13-26(46)41(36)71(58,59)60)65-16-32(50)62-38-24(44)7-17(8-25(38)45)69(52,53)54/h7-15H,16H2,1-6H3,(H3-,51,52,53,54,55,56,57,58,59,60)/p+1. The molecule has 0 saturated heterocycles. The van der Waals surface area contributed by atoms with Crippen molar-refractivity contribution in [3.63, 3.8) is 0 Å². The van der Waals surface area contributed by atoms with Crippen LogP contribution in [0, 0.1) is 11.6 Å². The summed E-state index contributed by atoms with van der Waals surface area (Å²) >= 11 is 15.3. The normalized spacial score (nSPS) is 15.5. The van der Waals surface area contributed by atoms with Gasteiger partial charge in [0.25, 0.3) is 20.2 Å². The van der Waals surface area contributed by atoms with Gasteiger partial charge in [-0.2, -0.15) is 25.3 Å². The predicted molar refractivity (Wildman–Crippen MR) is 261 cm³/mol. The predicted octanol–water partition coefficient (Wildman–Crippen LogP) is 9.00. The zero-order valence-corrected chi connectivity index (χ0v) is 44.2. The van der Waals surface area contributed by atoms with Gasteiger partial charge in [-0.15, -0.1) is 38.8 Å². The van der Waals surface area contributed by atoms with Crippen molar-refractivity contribution in [2.75, 3.05) is 24.7 Å². The van der Waals surface area contributed by atoms with E-state index < -0.39 is 101 Å². The van der Waals surface area contributed by atoms with E-state index in [2.05, 4.69) is 5.04 Å². The molecule has 6 aromatic rings. The minimum Gasteiger partial charge on any atom is -0.456 e. The van der Waals surface area contributed by atoms with Gasteiger partial charge < -0.3 is 14.4 Å². The number of carbonyl (C=O) groups excluding carboxylic acids is 1. The molecule has 0 radical (unpaired) electrons. The Morgan fingerprint density at radius 1 is 0.831 bits per heavy atom. The maximum Gasteiger partial charge on any atom is 0.321 e. The molecule has 3 aliphatic heterocycles. The van der Waals surface area contributed by atoms with E-state index in [9.17, 15) is 43.7 Å². The molecule has 0 spiro atoms. The zero-order chi connectivity index (χ0) is 51.8. The minimum absolute atomic E-state index is 0.00487. The molecule has 3 aliphatic rings. The number of halogens is 4. The van der Waals surface area contributed by atoms with Crippen molar-refractivity contribution in [3.05, 3.63) is 109 Å². The number of ether oxygens (including phenoxy) is 2. The van der Waals surface area contributed by atoms with E-state index in [0.29, 0.717) is 71.6 Å². The van der Waals surface area contributed by atoms with Gasteiger partial charge in [0, 0.05) is 75.5 Å². The van der Waals surface area contributed by atoms with Gasteiger partial charge in [0.1, 0.15) is 39.3 Å². The van der Waals surface area contributed by atoms with E-state index in [1.807, 2.05) is 44.2 Å². The Hall–Kier alpha value is -4.23. The average molecular weight is 1150 g/mol. The molecule has 28 heteroatoms. The lowest BCUT2D eigenvalue weighted by molar-refractivity contribution is -0.432. The van der Waals surface area contributed by atoms with E-state index in [4.69, 9.17) is 42.3 Å². The number of hydrogen-bond donors (Lipinski definition) is 4. The quantitative estimate of drug-likeness (QED) is 0.0138. The van der Waals surface area contributed by atoms with E-state index in [0.717, 1.165) is 29.0 Å². The van der Waals surface area contributed by atoms with Gasteiger partial charge in [0.05, 0.1) is 59.0 Å². The fourth-order valence-corrected chi connectivity index (χ4v) is 15.1. The molecule has 0 bridgehead atoms. The van der Waals surface area contributed by atoms with Crippen molar-refractivity contribution in [3.8, 4) is 38.1 Å². The minimum atomic E-state index is -5.68. The first-order valence-corrected chi connectivity index (χ1v) is 28.5.